The fourth-order valence-corrected chi connectivity index (χ4v) is 2.56. The largest absolute Gasteiger partial charge is 0.336 e. The van der Waals surface area contributed by atoms with Gasteiger partial charge in [-0.25, -0.2) is 9.07 Å². The van der Waals surface area contributed by atoms with E-state index in [2.05, 4.69) is 5.10 Å². The van der Waals surface area contributed by atoms with Gasteiger partial charge in [0.05, 0.1) is 5.69 Å². The maximum atomic E-state index is 13.2. The highest BCUT2D eigenvalue weighted by Crippen LogP contribution is 2.14. The van der Waals surface area contributed by atoms with Gasteiger partial charge in [-0.2, -0.15) is 5.10 Å². The third-order valence-corrected chi connectivity index (χ3v) is 3.63. The van der Waals surface area contributed by atoms with E-state index in [1.807, 2.05) is 0 Å². The summed E-state index contributed by atoms with van der Waals surface area (Å²) in [5.41, 5.74) is 6.84. The number of hydrogen-bond acceptors (Lipinski definition) is 3. The zero-order chi connectivity index (χ0) is 14.8. The summed E-state index contributed by atoms with van der Waals surface area (Å²) >= 11 is 0. The van der Waals surface area contributed by atoms with Crippen LogP contribution >= 0.6 is 0 Å². The summed E-state index contributed by atoms with van der Waals surface area (Å²) in [5.74, 6) is -0.460. The number of nitrogens with two attached hydrogens (primary N) is 1. The molecule has 3 rings (SSSR count). The topological polar surface area (TPSA) is 64.2 Å². The molecule has 5 nitrogen and oxygen atoms in total. The Morgan fingerprint density at radius 1 is 1.38 bits per heavy atom. The van der Waals surface area contributed by atoms with Crippen molar-refractivity contribution < 1.29 is 9.18 Å². The number of likely N-dealkylation sites (tertiary alicyclic amines) is 1. The SMILES string of the molecule is NC1CCCN(C(=O)c2ccn(-c3cccc(F)c3)n2)C1. The van der Waals surface area contributed by atoms with Crippen LogP contribution in [0.2, 0.25) is 0 Å². The van der Waals surface area contributed by atoms with Gasteiger partial charge in [0.15, 0.2) is 5.69 Å². The predicted octanol–water partition coefficient (Wildman–Crippen LogP) is 1.57. The Labute approximate surface area is 122 Å². The molecule has 110 valence electrons. The van der Waals surface area contributed by atoms with Crippen LogP contribution in [-0.4, -0.2) is 39.7 Å². The molecule has 0 spiro atoms. The van der Waals surface area contributed by atoms with Gasteiger partial charge in [-0.3, -0.25) is 4.79 Å². The smallest absolute Gasteiger partial charge is 0.274 e. The number of nitrogens with zero attached hydrogens (tertiary/aromatic N) is 3. The van der Waals surface area contributed by atoms with E-state index in [-0.39, 0.29) is 17.8 Å². The molecule has 1 unspecified atom stereocenters. The average Bonchev–Trinajstić information content (AvgIpc) is 2.96. The molecule has 0 saturated carbocycles. The molecular weight excluding hydrogens is 271 g/mol. The lowest BCUT2D eigenvalue weighted by molar-refractivity contribution is 0.0702. The van der Waals surface area contributed by atoms with E-state index < -0.39 is 0 Å². The molecule has 0 aliphatic carbocycles. The monoisotopic (exact) mass is 288 g/mol. The molecule has 21 heavy (non-hydrogen) atoms. The summed E-state index contributed by atoms with van der Waals surface area (Å²) in [7, 11) is 0. The molecule has 1 aromatic carbocycles. The Kier molecular flexibility index (Phi) is 3.70. The van der Waals surface area contributed by atoms with Crippen LogP contribution in [0.25, 0.3) is 5.69 Å². The number of carbonyl (C=O) groups is 1. The van der Waals surface area contributed by atoms with E-state index in [1.165, 1.54) is 16.8 Å². The van der Waals surface area contributed by atoms with Crippen LogP contribution in [0.15, 0.2) is 36.5 Å². The van der Waals surface area contributed by atoms with Crippen molar-refractivity contribution in [3.8, 4) is 5.69 Å². The van der Waals surface area contributed by atoms with Crippen molar-refractivity contribution in [1.82, 2.24) is 14.7 Å². The number of rotatable bonds is 2. The van der Waals surface area contributed by atoms with Crippen LogP contribution < -0.4 is 5.73 Å². The third kappa shape index (κ3) is 2.95. The second-order valence-electron chi connectivity index (χ2n) is 5.28. The van der Waals surface area contributed by atoms with Crippen LogP contribution in [0.3, 0.4) is 0 Å². The van der Waals surface area contributed by atoms with Gasteiger partial charge < -0.3 is 10.6 Å². The molecule has 2 heterocycles. The van der Waals surface area contributed by atoms with E-state index in [1.54, 1.807) is 29.3 Å². The lowest BCUT2D eigenvalue weighted by Crippen LogP contribution is -2.45. The molecule has 1 fully saturated rings. The zero-order valence-corrected chi connectivity index (χ0v) is 11.6. The lowest BCUT2D eigenvalue weighted by Gasteiger charge is -2.30. The molecule has 1 aliphatic rings. The lowest BCUT2D eigenvalue weighted by atomic mass is 10.1. The Balaban J connectivity index is 1.80. The van der Waals surface area contributed by atoms with Crippen molar-refractivity contribution >= 4 is 5.91 Å². The summed E-state index contributed by atoms with van der Waals surface area (Å²) in [6.07, 6.45) is 3.52. The van der Waals surface area contributed by atoms with Crippen LogP contribution in [0.4, 0.5) is 4.39 Å². The highest BCUT2D eigenvalue weighted by Gasteiger charge is 2.23. The summed E-state index contributed by atoms with van der Waals surface area (Å²) < 4.78 is 14.7. The van der Waals surface area contributed by atoms with Crippen LogP contribution in [0.1, 0.15) is 23.3 Å². The van der Waals surface area contributed by atoms with Gasteiger partial charge in [-0.1, -0.05) is 6.07 Å². The first kappa shape index (κ1) is 13.8. The maximum Gasteiger partial charge on any atom is 0.274 e. The van der Waals surface area contributed by atoms with Gasteiger partial charge in [-0.05, 0) is 37.1 Å². The molecule has 1 aromatic heterocycles. The molecule has 2 N–H and O–H groups in total. The fraction of sp³-hybridized carbons (Fsp3) is 0.333. The van der Waals surface area contributed by atoms with E-state index in [0.717, 1.165) is 12.8 Å². The van der Waals surface area contributed by atoms with Crippen LogP contribution in [0.5, 0.6) is 0 Å². The molecule has 0 bridgehead atoms. The van der Waals surface area contributed by atoms with Gasteiger partial charge in [-0.15, -0.1) is 0 Å². The maximum absolute atomic E-state index is 13.2. The van der Waals surface area contributed by atoms with Crippen LogP contribution in [-0.2, 0) is 0 Å². The second kappa shape index (κ2) is 5.65. The predicted molar refractivity (Wildman–Crippen MR) is 76.6 cm³/mol. The molecule has 6 heteroatoms. The molecule has 1 atom stereocenters. The highest BCUT2D eigenvalue weighted by molar-refractivity contribution is 5.92. The van der Waals surface area contributed by atoms with Crippen molar-refractivity contribution in [1.29, 1.82) is 0 Å². The molecular formula is C15H17FN4O. The summed E-state index contributed by atoms with van der Waals surface area (Å²) in [4.78, 5) is 14.1. The minimum absolute atomic E-state index is 0.0352. The van der Waals surface area contributed by atoms with Crippen LogP contribution in [0, 0.1) is 5.82 Å². The van der Waals surface area contributed by atoms with E-state index in [0.29, 0.717) is 24.5 Å². The first-order valence-corrected chi connectivity index (χ1v) is 7.00. The molecule has 1 aliphatic heterocycles. The number of piperidine rings is 1. The van der Waals surface area contributed by atoms with Gasteiger partial charge in [0, 0.05) is 25.3 Å². The Morgan fingerprint density at radius 3 is 3.00 bits per heavy atom. The molecule has 2 aromatic rings. The van der Waals surface area contributed by atoms with E-state index in [9.17, 15) is 9.18 Å². The summed E-state index contributed by atoms with van der Waals surface area (Å²) in [5, 5.41) is 4.24. The highest BCUT2D eigenvalue weighted by atomic mass is 19.1. The van der Waals surface area contributed by atoms with E-state index in [4.69, 9.17) is 5.73 Å². The Bertz CT molecular complexity index is 655. The van der Waals surface area contributed by atoms with Gasteiger partial charge in [0.25, 0.3) is 5.91 Å². The molecule has 1 saturated heterocycles. The van der Waals surface area contributed by atoms with Crippen molar-refractivity contribution in [2.24, 2.45) is 5.73 Å². The standard InChI is InChI=1S/C15H17FN4O/c16-11-3-1-5-13(9-11)20-8-6-14(18-20)15(21)19-7-2-4-12(17)10-19/h1,3,5-6,8-9,12H,2,4,7,10,17H2. The first-order chi connectivity index (χ1) is 10.1. The average molecular weight is 288 g/mol. The van der Waals surface area contributed by atoms with E-state index >= 15 is 0 Å². The molecule has 1 amide bonds. The normalized spacial score (nSPS) is 18.8. The zero-order valence-electron chi connectivity index (χ0n) is 11.6. The minimum Gasteiger partial charge on any atom is -0.336 e. The molecule has 0 radical (unpaired) electrons. The number of carbonyl (C=O) groups excluding carboxylic acids is 1. The number of aromatic nitrogens is 2. The Hall–Kier alpha value is -2.21. The van der Waals surface area contributed by atoms with Crippen molar-refractivity contribution in [2.75, 3.05) is 13.1 Å². The van der Waals surface area contributed by atoms with Crippen molar-refractivity contribution in [3.05, 3.63) is 48.0 Å². The van der Waals surface area contributed by atoms with Crippen molar-refractivity contribution in [2.45, 2.75) is 18.9 Å². The number of amides is 1. The fourth-order valence-electron chi connectivity index (χ4n) is 2.56. The number of benzene rings is 1. The second-order valence-corrected chi connectivity index (χ2v) is 5.28. The quantitative estimate of drug-likeness (QED) is 0.912. The third-order valence-electron chi connectivity index (χ3n) is 3.63. The summed E-state index contributed by atoms with van der Waals surface area (Å²) in [6, 6.07) is 7.77. The van der Waals surface area contributed by atoms with Gasteiger partial charge >= 0.3 is 0 Å². The first-order valence-electron chi connectivity index (χ1n) is 7.00. The van der Waals surface area contributed by atoms with Gasteiger partial charge in [0.1, 0.15) is 5.82 Å². The minimum atomic E-state index is -0.335. The van der Waals surface area contributed by atoms with Crippen molar-refractivity contribution in [3.63, 3.8) is 0 Å². The Morgan fingerprint density at radius 2 is 2.24 bits per heavy atom. The van der Waals surface area contributed by atoms with Gasteiger partial charge in [0.2, 0.25) is 0 Å². The number of halogens is 1. The number of hydrogen-bond donors (Lipinski definition) is 1. The summed E-state index contributed by atoms with van der Waals surface area (Å²) in [6.45, 7) is 1.27.